The molecule has 0 saturated carbocycles. The molecule has 3 heterocycles. The van der Waals surface area contributed by atoms with E-state index in [1.807, 2.05) is 20.9 Å². The third kappa shape index (κ3) is 5.12. The molecule has 0 unspecified atom stereocenters. The van der Waals surface area contributed by atoms with Crippen molar-refractivity contribution in [3.8, 4) is 0 Å². The average Bonchev–Trinajstić information content (AvgIpc) is 3.10. The average molecular weight is 374 g/mol. The third-order valence-corrected chi connectivity index (χ3v) is 5.36. The summed E-state index contributed by atoms with van der Waals surface area (Å²) in [5.74, 6) is 0.776. The number of likely N-dealkylation sites (N-methyl/N-ethyl adjacent to an activating group) is 1. The van der Waals surface area contributed by atoms with Crippen LogP contribution in [-0.2, 0) is 24.3 Å². The number of H-pyrrole nitrogens is 1. The third-order valence-electron chi connectivity index (χ3n) is 5.36. The lowest BCUT2D eigenvalue weighted by Gasteiger charge is -2.20. The molecule has 1 fully saturated rings. The SMILES string of the molecule is Cc1n[nH]c(C)c1CCN(C)C(=O)Cn1nnnc1CN1CCCCCC1. The normalized spacial score (nSPS) is 15.7. The van der Waals surface area contributed by atoms with E-state index in [0.717, 1.165) is 36.7 Å². The summed E-state index contributed by atoms with van der Waals surface area (Å²) in [5.41, 5.74) is 3.24. The molecule has 2 aromatic rings. The molecule has 0 aliphatic carbocycles. The number of carbonyl (C=O) groups is 1. The van der Waals surface area contributed by atoms with E-state index in [-0.39, 0.29) is 12.5 Å². The number of likely N-dealkylation sites (tertiary alicyclic amines) is 1. The highest BCUT2D eigenvalue weighted by Crippen LogP contribution is 2.12. The maximum absolute atomic E-state index is 12.6. The fraction of sp³-hybridized carbons (Fsp3) is 0.722. The first-order valence-electron chi connectivity index (χ1n) is 9.76. The number of tetrazole rings is 1. The van der Waals surface area contributed by atoms with Crippen LogP contribution in [-0.4, -0.2) is 72.8 Å². The topological polar surface area (TPSA) is 95.8 Å². The summed E-state index contributed by atoms with van der Waals surface area (Å²) in [5, 5.41) is 19.2. The number of amides is 1. The summed E-state index contributed by atoms with van der Waals surface area (Å²) in [4.78, 5) is 16.7. The summed E-state index contributed by atoms with van der Waals surface area (Å²) in [6.07, 6.45) is 5.81. The van der Waals surface area contributed by atoms with Crippen molar-refractivity contribution >= 4 is 5.91 Å². The lowest BCUT2D eigenvalue weighted by molar-refractivity contribution is -0.130. The van der Waals surface area contributed by atoms with Gasteiger partial charge in [0, 0.05) is 19.3 Å². The lowest BCUT2D eigenvalue weighted by Crippen LogP contribution is -2.33. The summed E-state index contributed by atoms with van der Waals surface area (Å²) < 4.78 is 1.64. The van der Waals surface area contributed by atoms with Crippen LogP contribution in [0.5, 0.6) is 0 Å². The Bertz CT molecular complexity index is 725. The van der Waals surface area contributed by atoms with Crippen LogP contribution < -0.4 is 0 Å². The van der Waals surface area contributed by atoms with Crippen LogP contribution in [0, 0.1) is 13.8 Å². The van der Waals surface area contributed by atoms with Crippen LogP contribution in [0.1, 0.15) is 48.5 Å². The van der Waals surface area contributed by atoms with Gasteiger partial charge in [0.25, 0.3) is 0 Å². The molecule has 9 heteroatoms. The van der Waals surface area contributed by atoms with Crippen molar-refractivity contribution in [1.29, 1.82) is 0 Å². The second kappa shape index (κ2) is 9.07. The summed E-state index contributed by atoms with van der Waals surface area (Å²) in [6.45, 7) is 7.66. The molecule has 2 aromatic heterocycles. The summed E-state index contributed by atoms with van der Waals surface area (Å²) >= 11 is 0. The van der Waals surface area contributed by atoms with Crippen molar-refractivity contribution in [3.05, 3.63) is 22.8 Å². The number of aryl methyl sites for hydroxylation is 2. The predicted octanol–water partition coefficient (Wildman–Crippen LogP) is 1.09. The molecule has 27 heavy (non-hydrogen) atoms. The van der Waals surface area contributed by atoms with E-state index < -0.39 is 0 Å². The van der Waals surface area contributed by atoms with Gasteiger partial charge in [-0.2, -0.15) is 5.10 Å². The van der Waals surface area contributed by atoms with Crippen molar-refractivity contribution in [2.75, 3.05) is 26.7 Å². The number of aromatic amines is 1. The van der Waals surface area contributed by atoms with Crippen molar-refractivity contribution < 1.29 is 4.79 Å². The summed E-state index contributed by atoms with van der Waals surface area (Å²) in [7, 11) is 1.83. The van der Waals surface area contributed by atoms with E-state index in [2.05, 4.69) is 30.6 Å². The van der Waals surface area contributed by atoms with Gasteiger partial charge in [-0.05, 0) is 62.2 Å². The van der Waals surface area contributed by atoms with Gasteiger partial charge in [0.2, 0.25) is 5.91 Å². The van der Waals surface area contributed by atoms with Gasteiger partial charge >= 0.3 is 0 Å². The van der Waals surface area contributed by atoms with Crippen LogP contribution >= 0.6 is 0 Å². The molecule has 9 nitrogen and oxygen atoms in total. The van der Waals surface area contributed by atoms with E-state index in [1.165, 1.54) is 31.2 Å². The standard InChI is InChI=1S/C18H30N8O/c1-14-16(15(2)20-19-14)8-11-24(3)18(27)13-26-17(21-22-23-26)12-25-9-6-4-5-7-10-25/h4-13H2,1-3H3,(H,19,20). The molecule has 1 aliphatic rings. The first-order chi connectivity index (χ1) is 13.0. The first kappa shape index (κ1) is 19.5. The first-order valence-corrected chi connectivity index (χ1v) is 9.76. The predicted molar refractivity (Wildman–Crippen MR) is 101 cm³/mol. The Morgan fingerprint density at radius 1 is 1.19 bits per heavy atom. The van der Waals surface area contributed by atoms with E-state index >= 15 is 0 Å². The molecule has 0 radical (unpaired) electrons. The van der Waals surface area contributed by atoms with Gasteiger partial charge in [-0.3, -0.25) is 14.8 Å². The Morgan fingerprint density at radius 2 is 1.93 bits per heavy atom. The van der Waals surface area contributed by atoms with Crippen molar-refractivity contribution in [2.24, 2.45) is 0 Å². The highest BCUT2D eigenvalue weighted by atomic mass is 16.2. The number of rotatable bonds is 7. The maximum Gasteiger partial charge on any atom is 0.244 e. The highest BCUT2D eigenvalue weighted by molar-refractivity contribution is 5.75. The number of hydrogen-bond donors (Lipinski definition) is 1. The van der Waals surface area contributed by atoms with Crippen LogP contribution in [0.25, 0.3) is 0 Å². The quantitative estimate of drug-likeness (QED) is 0.779. The minimum absolute atomic E-state index is 0.0122. The van der Waals surface area contributed by atoms with E-state index in [9.17, 15) is 4.79 Å². The number of hydrogen-bond acceptors (Lipinski definition) is 6. The van der Waals surface area contributed by atoms with Crippen LogP contribution in [0.3, 0.4) is 0 Å². The Hall–Kier alpha value is -2.29. The largest absolute Gasteiger partial charge is 0.344 e. The van der Waals surface area contributed by atoms with Gasteiger partial charge in [0.1, 0.15) is 6.54 Å². The zero-order valence-electron chi connectivity index (χ0n) is 16.6. The van der Waals surface area contributed by atoms with Crippen LogP contribution in [0.4, 0.5) is 0 Å². The molecule has 3 rings (SSSR count). The molecule has 148 valence electrons. The van der Waals surface area contributed by atoms with Crippen LogP contribution in [0.2, 0.25) is 0 Å². The fourth-order valence-corrected chi connectivity index (χ4v) is 3.55. The maximum atomic E-state index is 12.6. The molecule has 0 bridgehead atoms. The van der Waals surface area contributed by atoms with Gasteiger partial charge in [0.15, 0.2) is 5.82 Å². The smallest absolute Gasteiger partial charge is 0.244 e. The van der Waals surface area contributed by atoms with Crippen LogP contribution in [0.15, 0.2) is 0 Å². The van der Waals surface area contributed by atoms with Crippen molar-refractivity contribution in [1.82, 2.24) is 40.2 Å². The second-order valence-corrected chi connectivity index (χ2v) is 7.42. The van der Waals surface area contributed by atoms with Gasteiger partial charge in [-0.25, -0.2) is 4.68 Å². The zero-order valence-corrected chi connectivity index (χ0v) is 16.6. The van der Waals surface area contributed by atoms with Gasteiger partial charge in [-0.15, -0.1) is 5.10 Å². The van der Waals surface area contributed by atoms with Crippen molar-refractivity contribution in [2.45, 2.75) is 59.0 Å². The minimum Gasteiger partial charge on any atom is -0.344 e. The number of nitrogens with one attached hydrogen (secondary N) is 1. The Labute approximate surface area is 160 Å². The minimum atomic E-state index is 0.0122. The molecule has 1 N–H and O–H groups in total. The molecule has 1 amide bonds. The Balaban J connectivity index is 1.53. The molecule has 0 atom stereocenters. The van der Waals surface area contributed by atoms with E-state index in [4.69, 9.17) is 0 Å². The lowest BCUT2D eigenvalue weighted by atomic mass is 10.1. The highest BCUT2D eigenvalue weighted by Gasteiger charge is 2.18. The monoisotopic (exact) mass is 374 g/mol. The van der Waals surface area contributed by atoms with Gasteiger partial charge in [0.05, 0.1) is 12.2 Å². The second-order valence-electron chi connectivity index (χ2n) is 7.42. The Kier molecular flexibility index (Phi) is 6.54. The molecule has 1 aliphatic heterocycles. The molecule has 0 aromatic carbocycles. The molecule has 1 saturated heterocycles. The number of carbonyl (C=O) groups excluding carboxylic acids is 1. The van der Waals surface area contributed by atoms with Gasteiger partial charge in [-0.1, -0.05) is 12.8 Å². The van der Waals surface area contributed by atoms with Gasteiger partial charge < -0.3 is 4.90 Å². The zero-order chi connectivity index (χ0) is 19.2. The van der Waals surface area contributed by atoms with E-state index in [0.29, 0.717) is 13.1 Å². The molecular formula is C18H30N8O. The molecular weight excluding hydrogens is 344 g/mol. The Morgan fingerprint density at radius 3 is 2.59 bits per heavy atom. The fourth-order valence-electron chi connectivity index (χ4n) is 3.55. The van der Waals surface area contributed by atoms with E-state index in [1.54, 1.807) is 9.58 Å². The number of nitrogens with zero attached hydrogens (tertiary/aromatic N) is 7. The summed E-state index contributed by atoms with van der Waals surface area (Å²) in [6, 6.07) is 0. The number of aromatic nitrogens is 6. The van der Waals surface area contributed by atoms with Crippen molar-refractivity contribution in [3.63, 3.8) is 0 Å². The molecule has 0 spiro atoms.